The highest BCUT2D eigenvalue weighted by atomic mass is 79.9. The summed E-state index contributed by atoms with van der Waals surface area (Å²) in [6.07, 6.45) is -3.70. The first kappa shape index (κ1) is 16.4. The molecule has 0 saturated carbocycles. The number of rotatable bonds is 3. The van der Waals surface area contributed by atoms with E-state index in [-0.39, 0.29) is 4.83 Å². The van der Waals surface area contributed by atoms with Crippen LogP contribution in [0.15, 0.2) is 42.5 Å². The lowest BCUT2D eigenvalue weighted by Gasteiger charge is -2.13. The highest BCUT2D eigenvalue weighted by Crippen LogP contribution is 2.32. The Labute approximate surface area is 135 Å². The number of halogens is 5. The molecule has 2 rings (SSSR count). The molecule has 0 heterocycles. The second kappa shape index (κ2) is 6.41. The Balaban J connectivity index is 2.14. The van der Waals surface area contributed by atoms with Crippen molar-refractivity contribution in [2.45, 2.75) is 24.3 Å². The van der Waals surface area contributed by atoms with Crippen LogP contribution in [0, 0.1) is 6.92 Å². The summed E-state index contributed by atoms with van der Waals surface area (Å²) in [6.45, 7) is 1.95. The van der Waals surface area contributed by atoms with E-state index in [0.29, 0.717) is 11.4 Å². The normalized spacial score (nSPS) is 13.2. The summed E-state index contributed by atoms with van der Waals surface area (Å²) in [4.78, 5) is 0.00615. The van der Waals surface area contributed by atoms with E-state index >= 15 is 0 Å². The average Bonchev–Trinajstić information content (AvgIpc) is 2.37. The largest absolute Gasteiger partial charge is 0.416 e. The first-order valence-corrected chi connectivity index (χ1v) is 7.62. The van der Waals surface area contributed by atoms with Crippen molar-refractivity contribution in [1.29, 1.82) is 0 Å². The fourth-order valence-corrected chi connectivity index (χ4v) is 3.04. The predicted octanol–water partition coefficient (Wildman–Crippen LogP) is 6.35. The van der Waals surface area contributed by atoms with Gasteiger partial charge in [0.25, 0.3) is 0 Å². The molecule has 0 bridgehead atoms. The van der Waals surface area contributed by atoms with Crippen LogP contribution in [-0.2, 0) is 12.6 Å². The van der Waals surface area contributed by atoms with Crippen LogP contribution in [0.4, 0.5) is 13.2 Å². The van der Waals surface area contributed by atoms with Crippen molar-refractivity contribution >= 4 is 27.5 Å². The molecule has 5 heteroatoms. The molecule has 0 nitrogen and oxygen atoms in total. The van der Waals surface area contributed by atoms with Crippen molar-refractivity contribution < 1.29 is 13.2 Å². The van der Waals surface area contributed by atoms with Gasteiger partial charge in [-0.2, -0.15) is 13.2 Å². The molecule has 0 spiro atoms. The van der Waals surface area contributed by atoms with Gasteiger partial charge in [-0.05, 0) is 54.3 Å². The Hall–Kier alpha value is -1.00. The van der Waals surface area contributed by atoms with Crippen molar-refractivity contribution in [2.75, 3.05) is 0 Å². The van der Waals surface area contributed by atoms with E-state index in [1.165, 1.54) is 12.1 Å². The zero-order valence-corrected chi connectivity index (χ0v) is 13.6. The van der Waals surface area contributed by atoms with Crippen LogP contribution in [0.2, 0.25) is 5.02 Å². The quantitative estimate of drug-likeness (QED) is 0.547. The van der Waals surface area contributed by atoms with Gasteiger partial charge in [-0.15, -0.1) is 0 Å². The summed E-state index contributed by atoms with van der Waals surface area (Å²) >= 11 is 9.59. The van der Waals surface area contributed by atoms with Crippen molar-refractivity contribution in [3.8, 4) is 0 Å². The lowest BCUT2D eigenvalue weighted by atomic mass is 10.0. The van der Waals surface area contributed by atoms with Gasteiger partial charge in [-0.1, -0.05) is 45.7 Å². The Kier molecular flexibility index (Phi) is 4.99. The fourth-order valence-electron chi connectivity index (χ4n) is 2.10. The third-order valence-corrected chi connectivity index (χ3v) is 4.19. The summed E-state index contributed by atoms with van der Waals surface area (Å²) in [5.41, 5.74) is 2.27. The van der Waals surface area contributed by atoms with Gasteiger partial charge >= 0.3 is 6.18 Å². The topological polar surface area (TPSA) is 0 Å². The summed E-state index contributed by atoms with van der Waals surface area (Å²) in [6, 6.07) is 11.0. The molecule has 0 aromatic heterocycles. The van der Waals surface area contributed by atoms with Gasteiger partial charge in [0.2, 0.25) is 0 Å². The molecule has 0 aliphatic heterocycles. The molecule has 0 aliphatic carbocycles. The van der Waals surface area contributed by atoms with E-state index in [0.717, 1.165) is 28.8 Å². The van der Waals surface area contributed by atoms with Crippen molar-refractivity contribution in [3.63, 3.8) is 0 Å². The van der Waals surface area contributed by atoms with Gasteiger partial charge in [-0.25, -0.2) is 0 Å². The Morgan fingerprint density at radius 1 is 1.10 bits per heavy atom. The molecule has 1 atom stereocenters. The van der Waals surface area contributed by atoms with E-state index in [1.807, 2.05) is 25.1 Å². The summed E-state index contributed by atoms with van der Waals surface area (Å²) in [7, 11) is 0. The molecular formula is C16H13BrClF3. The van der Waals surface area contributed by atoms with E-state index < -0.39 is 11.7 Å². The molecule has 0 N–H and O–H groups in total. The highest BCUT2D eigenvalue weighted by Gasteiger charge is 2.29. The Bertz CT molecular complexity index is 600. The molecule has 1 unspecified atom stereocenters. The third kappa shape index (κ3) is 4.48. The fraction of sp³-hybridized carbons (Fsp3) is 0.250. The van der Waals surface area contributed by atoms with Crippen molar-refractivity contribution in [1.82, 2.24) is 0 Å². The van der Waals surface area contributed by atoms with Gasteiger partial charge < -0.3 is 0 Å². The van der Waals surface area contributed by atoms with Crippen LogP contribution >= 0.6 is 27.5 Å². The summed E-state index contributed by atoms with van der Waals surface area (Å²) in [5.74, 6) is 0. The molecular weight excluding hydrogens is 365 g/mol. The van der Waals surface area contributed by atoms with E-state index in [2.05, 4.69) is 15.9 Å². The minimum Gasteiger partial charge on any atom is -0.166 e. The first-order valence-electron chi connectivity index (χ1n) is 6.33. The Morgan fingerprint density at radius 2 is 1.71 bits per heavy atom. The maximum atomic E-state index is 12.5. The van der Waals surface area contributed by atoms with Crippen LogP contribution in [0.5, 0.6) is 0 Å². The van der Waals surface area contributed by atoms with E-state index in [1.54, 1.807) is 0 Å². The minimum atomic E-state index is -4.30. The van der Waals surface area contributed by atoms with E-state index in [4.69, 9.17) is 11.6 Å². The van der Waals surface area contributed by atoms with Gasteiger partial charge in [0.1, 0.15) is 0 Å². The molecule has 0 amide bonds. The lowest BCUT2D eigenvalue weighted by Crippen LogP contribution is -2.05. The standard InChI is InChI=1S/C16H13BrClF3/c1-10-6-12(9-14(18)7-10)15(17)8-11-2-4-13(5-3-11)16(19,20)21/h2-7,9,15H,8H2,1H3. The summed E-state index contributed by atoms with van der Waals surface area (Å²) < 4.78 is 37.5. The van der Waals surface area contributed by atoms with Crippen molar-refractivity contribution in [2.24, 2.45) is 0 Å². The van der Waals surface area contributed by atoms with Gasteiger partial charge in [-0.3, -0.25) is 0 Å². The maximum absolute atomic E-state index is 12.5. The molecule has 21 heavy (non-hydrogen) atoms. The van der Waals surface area contributed by atoms with E-state index in [9.17, 15) is 13.2 Å². The molecule has 0 saturated heterocycles. The third-order valence-electron chi connectivity index (χ3n) is 3.12. The number of aryl methyl sites for hydroxylation is 1. The van der Waals surface area contributed by atoms with Crippen LogP contribution in [0.25, 0.3) is 0 Å². The second-order valence-corrected chi connectivity index (χ2v) is 6.47. The summed E-state index contributed by atoms with van der Waals surface area (Å²) in [5, 5.41) is 0.655. The van der Waals surface area contributed by atoms with Crippen LogP contribution in [-0.4, -0.2) is 0 Å². The SMILES string of the molecule is Cc1cc(Cl)cc(C(Br)Cc2ccc(C(F)(F)F)cc2)c1. The predicted molar refractivity (Wildman–Crippen MR) is 83.0 cm³/mol. The molecule has 0 fully saturated rings. The van der Waals surface area contributed by atoms with Crippen molar-refractivity contribution in [3.05, 3.63) is 69.7 Å². The van der Waals surface area contributed by atoms with Crippen LogP contribution in [0.3, 0.4) is 0 Å². The number of alkyl halides is 4. The van der Waals surface area contributed by atoms with Gasteiger partial charge in [0.15, 0.2) is 0 Å². The van der Waals surface area contributed by atoms with Gasteiger partial charge in [0.05, 0.1) is 5.56 Å². The zero-order chi connectivity index (χ0) is 15.6. The molecule has 112 valence electrons. The first-order chi connectivity index (χ1) is 9.75. The van der Waals surface area contributed by atoms with Crippen LogP contribution in [0.1, 0.15) is 27.1 Å². The Morgan fingerprint density at radius 3 is 2.24 bits per heavy atom. The maximum Gasteiger partial charge on any atom is 0.416 e. The number of benzene rings is 2. The monoisotopic (exact) mass is 376 g/mol. The van der Waals surface area contributed by atoms with Crippen LogP contribution < -0.4 is 0 Å². The number of hydrogen-bond donors (Lipinski definition) is 0. The minimum absolute atomic E-state index is 0.00615. The smallest absolute Gasteiger partial charge is 0.166 e. The molecule has 2 aromatic carbocycles. The molecule has 0 aliphatic rings. The molecule has 2 aromatic rings. The highest BCUT2D eigenvalue weighted by molar-refractivity contribution is 9.09. The average molecular weight is 378 g/mol. The molecule has 0 radical (unpaired) electrons. The van der Waals surface area contributed by atoms with Gasteiger partial charge in [0, 0.05) is 9.85 Å². The zero-order valence-electron chi connectivity index (χ0n) is 11.2. The second-order valence-electron chi connectivity index (χ2n) is 4.93. The number of hydrogen-bond acceptors (Lipinski definition) is 0. The lowest BCUT2D eigenvalue weighted by molar-refractivity contribution is -0.137.